The van der Waals surface area contributed by atoms with Gasteiger partial charge in [-0.05, 0) is 36.0 Å². The molecule has 2 aromatic rings. The number of benzene rings is 1. The Labute approximate surface area is 121 Å². The van der Waals surface area contributed by atoms with Crippen molar-refractivity contribution in [2.45, 2.75) is 53.0 Å². The van der Waals surface area contributed by atoms with E-state index >= 15 is 0 Å². The van der Waals surface area contributed by atoms with Gasteiger partial charge in [-0.1, -0.05) is 39.8 Å². The summed E-state index contributed by atoms with van der Waals surface area (Å²) in [5.41, 5.74) is 6.20. The molecule has 0 saturated heterocycles. The molecule has 0 unspecified atom stereocenters. The zero-order valence-corrected chi connectivity index (χ0v) is 13.1. The SMILES string of the molecule is Cc1[nH]cnc1CNc1ccc(C(C)C)cc1C(C)C. The number of nitrogens with one attached hydrogen (secondary N) is 2. The van der Waals surface area contributed by atoms with E-state index in [0.717, 1.165) is 17.9 Å². The first-order valence-electron chi connectivity index (χ1n) is 7.35. The number of hydrogen-bond acceptors (Lipinski definition) is 2. The van der Waals surface area contributed by atoms with Crippen molar-refractivity contribution in [2.75, 3.05) is 5.32 Å². The number of aryl methyl sites for hydroxylation is 1. The van der Waals surface area contributed by atoms with Gasteiger partial charge in [-0.25, -0.2) is 4.98 Å². The van der Waals surface area contributed by atoms with Gasteiger partial charge in [0, 0.05) is 11.4 Å². The molecule has 0 fully saturated rings. The predicted octanol–water partition coefficient (Wildman–Crippen LogP) is 4.58. The lowest BCUT2D eigenvalue weighted by Gasteiger charge is -2.17. The van der Waals surface area contributed by atoms with Crippen LogP contribution in [0.1, 0.15) is 62.0 Å². The molecule has 0 aliphatic heterocycles. The summed E-state index contributed by atoms with van der Waals surface area (Å²) in [4.78, 5) is 7.45. The van der Waals surface area contributed by atoms with E-state index in [2.05, 4.69) is 68.1 Å². The molecule has 108 valence electrons. The highest BCUT2D eigenvalue weighted by molar-refractivity contribution is 5.54. The molecule has 1 aromatic heterocycles. The summed E-state index contributed by atoms with van der Waals surface area (Å²) in [6, 6.07) is 6.75. The molecule has 0 aliphatic carbocycles. The number of H-pyrrole nitrogens is 1. The first kappa shape index (κ1) is 14.6. The molecular formula is C17H25N3. The van der Waals surface area contributed by atoms with Gasteiger partial charge < -0.3 is 10.3 Å². The molecule has 2 N–H and O–H groups in total. The van der Waals surface area contributed by atoms with E-state index in [1.165, 1.54) is 16.8 Å². The van der Waals surface area contributed by atoms with Crippen molar-refractivity contribution in [2.24, 2.45) is 0 Å². The Hall–Kier alpha value is -1.77. The molecule has 0 saturated carbocycles. The minimum Gasteiger partial charge on any atom is -0.379 e. The number of aromatic nitrogens is 2. The molecule has 0 amide bonds. The number of hydrogen-bond donors (Lipinski definition) is 2. The van der Waals surface area contributed by atoms with Gasteiger partial charge in [-0.15, -0.1) is 0 Å². The Morgan fingerprint density at radius 1 is 1.15 bits per heavy atom. The molecule has 2 rings (SSSR count). The van der Waals surface area contributed by atoms with Gasteiger partial charge >= 0.3 is 0 Å². The maximum atomic E-state index is 4.33. The monoisotopic (exact) mass is 271 g/mol. The standard InChI is InChI=1S/C17H25N3/c1-11(2)14-6-7-16(15(8-14)12(3)4)18-9-17-13(5)19-10-20-17/h6-8,10-12,18H,9H2,1-5H3,(H,19,20). The quantitative estimate of drug-likeness (QED) is 0.836. The summed E-state index contributed by atoms with van der Waals surface area (Å²) in [6.45, 7) is 11.8. The van der Waals surface area contributed by atoms with Gasteiger partial charge in [0.15, 0.2) is 0 Å². The summed E-state index contributed by atoms with van der Waals surface area (Å²) in [6.07, 6.45) is 1.75. The minimum absolute atomic E-state index is 0.511. The number of aromatic amines is 1. The van der Waals surface area contributed by atoms with Crippen LogP contribution in [0.15, 0.2) is 24.5 Å². The second kappa shape index (κ2) is 6.12. The molecule has 3 nitrogen and oxygen atoms in total. The Kier molecular flexibility index (Phi) is 4.48. The molecule has 1 heterocycles. The lowest BCUT2D eigenvalue weighted by atomic mass is 9.94. The van der Waals surface area contributed by atoms with Crippen LogP contribution in [-0.2, 0) is 6.54 Å². The van der Waals surface area contributed by atoms with Gasteiger partial charge in [-0.2, -0.15) is 0 Å². The van der Waals surface area contributed by atoms with Gasteiger partial charge in [0.25, 0.3) is 0 Å². The Balaban J connectivity index is 2.20. The Morgan fingerprint density at radius 3 is 2.45 bits per heavy atom. The molecule has 20 heavy (non-hydrogen) atoms. The maximum absolute atomic E-state index is 4.33. The molecule has 0 atom stereocenters. The second-order valence-electron chi connectivity index (χ2n) is 5.98. The van der Waals surface area contributed by atoms with E-state index < -0.39 is 0 Å². The minimum atomic E-state index is 0.511. The van der Waals surface area contributed by atoms with Crippen LogP contribution >= 0.6 is 0 Å². The largest absolute Gasteiger partial charge is 0.379 e. The van der Waals surface area contributed by atoms with Gasteiger partial charge in [0.05, 0.1) is 18.6 Å². The van der Waals surface area contributed by atoms with E-state index in [1.54, 1.807) is 6.33 Å². The highest BCUT2D eigenvalue weighted by Gasteiger charge is 2.10. The molecule has 3 heteroatoms. The van der Waals surface area contributed by atoms with Gasteiger partial charge in [-0.3, -0.25) is 0 Å². The normalized spacial score (nSPS) is 11.3. The molecule has 1 aromatic carbocycles. The first-order valence-corrected chi connectivity index (χ1v) is 7.35. The topological polar surface area (TPSA) is 40.7 Å². The summed E-state index contributed by atoms with van der Waals surface area (Å²) in [5.74, 6) is 1.08. The second-order valence-corrected chi connectivity index (χ2v) is 5.98. The lowest BCUT2D eigenvalue weighted by Crippen LogP contribution is -2.05. The fourth-order valence-electron chi connectivity index (χ4n) is 2.32. The smallest absolute Gasteiger partial charge is 0.0925 e. The molecule has 0 radical (unpaired) electrons. The fourth-order valence-corrected chi connectivity index (χ4v) is 2.32. The summed E-state index contributed by atoms with van der Waals surface area (Å²) in [7, 11) is 0. The van der Waals surface area contributed by atoms with Crippen molar-refractivity contribution in [3.63, 3.8) is 0 Å². The van der Waals surface area contributed by atoms with Crippen molar-refractivity contribution in [3.05, 3.63) is 47.0 Å². The number of anilines is 1. The first-order chi connectivity index (χ1) is 9.49. The highest BCUT2D eigenvalue weighted by Crippen LogP contribution is 2.28. The van der Waals surface area contributed by atoms with Crippen molar-refractivity contribution in [1.29, 1.82) is 0 Å². The number of rotatable bonds is 5. The van der Waals surface area contributed by atoms with E-state index in [0.29, 0.717) is 11.8 Å². The van der Waals surface area contributed by atoms with E-state index in [-0.39, 0.29) is 0 Å². The fraction of sp³-hybridized carbons (Fsp3) is 0.471. The van der Waals surface area contributed by atoms with Crippen LogP contribution < -0.4 is 5.32 Å². The van der Waals surface area contributed by atoms with Crippen molar-refractivity contribution in [3.8, 4) is 0 Å². The zero-order chi connectivity index (χ0) is 14.7. The van der Waals surface area contributed by atoms with Crippen LogP contribution in [0.2, 0.25) is 0 Å². The molecular weight excluding hydrogens is 246 g/mol. The van der Waals surface area contributed by atoms with Crippen LogP contribution in [0.5, 0.6) is 0 Å². The maximum Gasteiger partial charge on any atom is 0.0925 e. The molecule has 0 bridgehead atoms. The number of nitrogens with zero attached hydrogens (tertiary/aromatic N) is 1. The average Bonchev–Trinajstić information content (AvgIpc) is 2.81. The van der Waals surface area contributed by atoms with Crippen LogP contribution in [-0.4, -0.2) is 9.97 Å². The third-order valence-electron chi connectivity index (χ3n) is 3.74. The third-order valence-corrected chi connectivity index (χ3v) is 3.74. The van der Waals surface area contributed by atoms with Crippen LogP contribution in [0.25, 0.3) is 0 Å². The Morgan fingerprint density at radius 2 is 1.90 bits per heavy atom. The number of imidazole rings is 1. The lowest BCUT2D eigenvalue weighted by molar-refractivity contribution is 0.833. The van der Waals surface area contributed by atoms with E-state index in [1.807, 2.05) is 0 Å². The molecule has 0 aliphatic rings. The zero-order valence-electron chi connectivity index (χ0n) is 13.1. The van der Waals surface area contributed by atoms with Crippen LogP contribution in [0.4, 0.5) is 5.69 Å². The predicted molar refractivity (Wildman–Crippen MR) is 85.3 cm³/mol. The Bertz CT molecular complexity index is 567. The van der Waals surface area contributed by atoms with Crippen LogP contribution in [0.3, 0.4) is 0 Å². The van der Waals surface area contributed by atoms with Gasteiger partial charge in [0.1, 0.15) is 0 Å². The summed E-state index contributed by atoms with van der Waals surface area (Å²) < 4.78 is 0. The van der Waals surface area contributed by atoms with Crippen LogP contribution in [0, 0.1) is 6.92 Å². The van der Waals surface area contributed by atoms with Crippen molar-refractivity contribution >= 4 is 5.69 Å². The van der Waals surface area contributed by atoms with E-state index in [4.69, 9.17) is 0 Å². The van der Waals surface area contributed by atoms with Gasteiger partial charge in [0.2, 0.25) is 0 Å². The van der Waals surface area contributed by atoms with Crippen molar-refractivity contribution < 1.29 is 0 Å². The van der Waals surface area contributed by atoms with E-state index in [9.17, 15) is 0 Å². The average molecular weight is 271 g/mol. The highest BCUT2D eigenvalue weighted by atomic mass is 14.9. The van der Waals surface area contributed by atoms with Crippen molar-refractivity contribution in [1.82, 2.24) is 9.97 Å². The summed E-state index contributed by atoms with van der Waals surface area (Å²) >= 11 is 0. The third kappa shape index (κ3) is 3.21. The summed E-state index contributed by atoms with van der Waals surface area (Å²) in [5, 5.41) is 3.52. The molecule has 0 spiro atoms.